The van der Waals surface area contributed by atoms with Gasteiger partial charge in [0.1, 0.15) is 0 Å². The molecule has 1 rings (SSSR count). The van der Waals surface area contributed by atoms with E-state index >= 15 is 0 Å². The highest BCUT2D eigenvalue weighted by molar-refractivity contribution is 4.87. The summed E-state index contributed by atoms with van der Waals surface area (Å²) >= 11 is 0. The molecule has 84 valence electrons. The topological polar surface area (TPSA) is 49.5 Å². The highest BCUT2D eigenvalue weighted by Gasteiger charge is 2.31. The molecule has 0 amide bonds. The largest absolute Gasteiger partial charge is 0.389 e. The third-order valence-corrected chi connectivity index (χ3v) is 3.58. The van der Waals surface area contributed by atoms with Gasteiger partial charge in [0, 0.05) is 19.1 Å². The fourth-order valence-corrected chi connectivity index (χ4v) is 2.22. The number of rotatable bonds is 5. The van der Waals surface area contributed by atoms with Crippen LogP contribution in [0.15, 0.2) is 0 Å². The Hall–Kier alpha value is -0.120. The van der Waals surface area contributed by atoms with Gasteiger partial charge in [0.05, 0.1) is 5.60 Å². The molecule has 0 aromatic rings. The van der Waals surface area contributed by atoms with Crippen LogP contribution in [-0.2, 0) is 0 Å². The Morgan fingerprint density at radius 1 is 1.43 bits per heavy atom. The molecule has 14 heavy (non-hydrogen) atoms. The van der Waals surface area contributed by atoms with Crippen LogP contribution in [0, 0.1) is 0 Å². The second-order valence-electron chi connectivity index (χ2n) is 4.43. The van der Waals surface area contributed by atoms with Crippen molar-refractivity contribution in [3.05, 3.63) is 0 Å². The van der Waals surface area contributed by atoms with E-state index < -0.39 is 5.60 Å². The number of aliphatic hydroxyl groups is 1. The van der Waals surface area contributed by atoms with Crippen LogP contribution in [0.1, 0.15) is 39.5 Å². The highest BCUT2D eigenvalue weighted by atomic mass is 16.3. The Bertz CT molecular complexity index is 169. The van der Waals surface area contributed by atoms with E-state index in [-0.39, 0.29) is 0 Å². The molecule has 3 nitrogen and oxygen atoms in total. The number of nitrogens with zero attached hydrogens (tertiary/aromatic N) is 1. The second-order valence-corrected chi connectivity index (χ2v) is 4.43. The minimum atomic E-state index is -0.502. The summed E-state index contributed by atoms with van der Waals surface area (Å²) in [5.74, 6) is 0. The van der Waals surface area contributed by atoms with Gasteiger partial charge in [-0.3, -0.25) is 4.90 Å². The molecular weight excluding hydrogens is 176 g/mol. The number of β-amino-alcohol motifs (C(OH)–C–C–N with tert-alkyl or cyclic N) is 1. The lowest BCUT2D eigenvalue weighted by Gasteiger charge is -2.33. The Morgan fingerprint density at radius 2 is 2.07 bits per heavy atom. The average molecular weight is 200 g/mol. The van der Waals surface area contributed by atoms with Gasteiger partial charge in [0.15, 0.2) is 0 Å². The van der Waals surface area contributed by atoms with Crippen LogP contribution in [0.4, 0.5) is 0 Å². The molecule has 1 aliphatic heterocycles. The van der Waals surface area contributed by atoms with Gasteiger partial charge in [-0.1, -0.05) is 13.8 Å². The van der Waals surface area contributed by atoms with Gasteiger partial charge in [-0.15, -0.1) is 0 Å². The van der Waals surface area contributed by atoms with Crippen molar-refractivity contribution in [3.8, 4) is 0 Å². The monoisotopic (exact) mass is 200 g/mol. The second kappa shape index (κ2) is 5.10. The molecule has 1 heterocycles. The maximum absolute atomic E-state index is 10.2. The fraction of sp³-hybridized carbons (Fsp3) is 1.00. The van der Waals surface area contributed by atoms with Crippen molar-refractivity contribution in [1.82, 2.24) is 4.90 Å². The SMILES string of the molecule is CCC(O)(CC)CN1CCCC1CN. The standard InChI is InChI=1S/C11H24N2O/c1-3-11(14,4-2)9-13-7-5-6-10(13)8-12/h10,14H,3-9,12H2,1-2H3. The van der Waals surface area contributed by atoms with E-state index in [0.29, 0.717) is 6.04 Å². The lowest BCUT2D eigenvalue weighted by atomic mass is 9.96. The molecule has 1 aliphatic rings. The Labute approximate surface area is 87.3 Å². The van der Waals surface area contributed by atoms with Crippen molar-refractivity contribution in [2.75, 3.05) is 19.6 Å². The number of hydrogen-bond acceptors (Lipinski definition) is 3. The molecule has 0 bridgehead atoms. The lowest BCUT2D eigenvalue weighted by Crippen LogP contribution is -2.46. The zero-order chi connectivity index (χ0) is 10.6. The number of likely N-dealkylation sites (tertiary alicyclic amines) is 1. The van der Waals surface area contributed by atoms with E-state index in [9.17, 15) is 5.11 Å². The van der Waals surface area contributed by atoms with Crippen molar-refractivity contribution >= 4 is 0 Å². The zero-order valence-corrected chi connectivity index (χ0v) is 9.50. The molecule has 0 aliphatic carbocycles. The minimum absolute atomic E-state index is 0.500. The molecule has 1 saturated heterocycles. The maximum atomic E-state index is 10.2. The Kier molecular flexibility index (Phi) is 4.35. The molecule has 1 atom stereocenters. The van der Waals surface area contributed by atoms with Gasteiger partial charge in [-0.25, -0.2) is 0 Å². The summed E-state index contributed by atoms with van der Waals surface area (Å²) in [6.07, 6.45) is 4.08. The summed E-state index contributed by atoms with van der Waals surface area (Å²) in [6, 6.07) is 0.500. The predicted molar refractivity (Wildman–Crippen MR) is 59.2 cm³/mol. The quantitative estimate of drug-likeness (QED) is 0.695. The van der Waals surface area contributed by atoms with Crippen LogP contribution >= 0.6 is 0 Å². The number of hydrogen-bond donors (Lipinski definition) is 2. The van der Waals surface area contributed by atoms with Crippen LogP contribution in [0.25, 0.3) is 0 Å². The van der Waals surface area contributed by atoms with Crippen molar-refractivity contribution in [3.63, 3.8) is 0 Å². The molecule has 0 spiro atoms. The first-order valence-electron chi connectivity index (χ1n) is 5.81. The van der Waals surface area contributed by atoms with Crippen LogP contribution in [0.5, 0.6) is 0 Å². The summed E-state index contributed by atoms with van der Waals surface area (Å²) < 4.78 is 0. The summed E-state index contributed by atoms with van der Waals surface area (Å²) in [4.78, 5) is 2.35. The Morgan fingerprint density at radius 3 is 2.57 bits per heavy atom. The first-order valence-corrected chi connectivity index (χ1v) is 5.81. The first kappa shape index (κ1) is 12.0. The third-order valence-electron chi connectivity index (χ3n) is 3.58. The summed E-state index contributed by atoms with van der Waals surface area (Å²) in [5, 5.41) is 10.2. The van der Waals surface area contributed by atoms with Gasteiger partial charge in [-0.05, 0) is 32.2 Å². The number of nitrogens with two attached hydrogens (primary N) is 1. The van der Waals surface area contributed by atoms with E-state index in [1.165, 1.54) is 12.8 Å². The lowest BCUT2D eigenvalue weighted by molar-refractivity contribution is -0.00586. The molecule has 3 heteroatoms. The van der Waals surface area contributed by atoms with Crippen LogP contribution in [0.2, 0.25) is 0 Å². The van der Waals surface area contributed by atoms with E-state index in [4.69, 9.17) is 5.73 Å². The molecule has 0 aromatic heterocycles. The van der Waals surface area contributed by atoms with Crippen LogP contribution < -0.4 is 5.73 Å². The predicted octanol–water partition coefficient (Wildman–Crippen LogP) is 0.961. The Balaban J connectivity index is 2.49. The summed E-state index contributed by atoms with van der Waals surface area (Å²) in [5.41, 5.74) is 5.20. The molecular formula is C11H24N2O. The van der Waals surface area contributed by atoms with E-state index in [1.54, 1.807) is 0 Å². The van der Waals surface area contributed by atoms with Crippen molar-refractivity contribution in [2.24, 2.45) is 5.73 Å². The molecule has 0 aromatic carbocycles. The maximum Gasteiger partial charge on any atom is 0.0769 e. The molecule has 1 fully saturated rings. The smallest absolute Gasteiger partial charge is 0.0769 e. The zero-order valence-electron chi connectivity index (χ0n) is 9.50. The normalized spacial score (nSPS) is 24.4. The summed E-state index contributed by atoms with van der Waals surface area (Å²) in [6.45, 7) is 6.73. The minimum Gasteiger partial charge on any atom is -0.389 e. The fourth-order valence-electron chi connectivity index (χ4n) is 2.22. The van der Waals surface area contributed by atoms with Crippen molar-refractivity contribution in [1.29, 1.82) is 0 Å². The van der Waals surface area contributed by atoms with E-state index in [0.717, 1.165) is 32.5 Å². The van der Waals surface area contributed by atoms with Gasteiger partial charge in [-0.2, -0.15) is 0 Å². The van der Waals surface area contributed by atoms with Crippen molar-refractivity contribution in [2.45, 2.75) is 51.2 Å². The van der Waals surface area contributed by atoms with Gasteiger partial charge in [0.25, 0.3) is 0 Å². The average Bonchev–Trinajstić information content (AvgIpc) is 2.65. The van der Waals surface area contributed by atoms with Gasteiger partial charge in [0.2, 0.25) is 0 Å². The van der Waals surface area contributed by atoms with Crippen molar-refractivity contribution < 1.29 is 5.11 Å². The molecule has 0 saturated carbocycles. The van der Waals surface area contributed by atoms with Gasteiger partial charge >= 0.3 is 0 Å². The first-order chi connectivity index (χ1) is 6.65. The van der Waals surface area contributed by atoms with E-state index in [2.05, 4.69) is 18.7 Å². The highest BCUT2D eigenvalue weighted by Crippen LogP contribution is 2.23. The van der Waals surface area contributed by atoms with Gasteiger partial charge < -0.3 is 10.8 Å². The molecule has 0 radical (unpaired) electrons. The molecule has 1 unspecified atom stereocenters. The summed E-state index contributed by atoms with van der Waals surface area (Å²) in [7, 11) is 0. The third kappa shape index (κ3) is 2.69. The van der Waals surface area contributed by atoms with E-state index in [1.807, 2.05) is 0 Å². The molecule has 3 N–H and O–H groups in total. The van der Waals surface area contributed by atoms with Crippen LogP contribution in [-0.4, -0.2) is 41.3 Å². The van der Waals surface area contributed by atoms with Crippen LogP contribution in [0.3, 0.4) is 0 Å².